The molecule has 0 spiro atoms. The second kappa shape index (κ2) is 9.32. The Morgan fingerprint density at radius 2 is 1.84 bits per heavy atom. The third-order valence-corrected chi connectivity index (χ3v) is 2.94. The predicted molar refractivity (Wildman–Crippen MR) is 68.5 cm³/mol. The van der Waals surface area contributed by atoms with Crippen molar-refractivity contribution >= 4 is 17.8 Å². The first-order valence-electron chi connectivity index (χ1n) is 6.34. The van der Waals surface area contributed by atoms with E-state index >= 15 is 0 Å². The van der Waals surface area contributed by atoms with E-state index in [-0.39, 0.29) is 6.42 Å². The Labute approximate surface area is 112 Å². The highest BCUT2D eigenvalue weighted by Crippen LogP contribution is 2.14. The number of carbonyl (C=O) groups is 3. The van der Waals surface area contributed by atoms with Gasteiger partial charge in [-0.05, 0) is 25.3 Å². The van der Waals surface area contributed by atoms with E-state index in [0.717, 1.165) is 12.8 Å². The van der Waals surface area contributed by atoms with E-state index in [1.54, 1.807) is 0 Å². The normalized spacial score (nSPS) is 13.6. The largest absolute Gasteiger partial charge is 0.481 e. The number of amides is 1. The fourth-order valence-corrected chi connectivity index (χ4v) is 1.76. The first kappa shape index (κ1) is 17.4. The topological polar surface area (TPSA) is 130 Å². The van der Waals surface area contributed by atoms with Crippen molar-refractivity contribution in [1.29, 1.82) is 0 Å². The van der Waals surface area contributed by atoms with Gasteiger partial charge in [-0.3, -0.25) is 9.59 Å². The van der Waals surface area contributed by atoms with Gasteiger partial charge in [-0.25, -0.2) is 4.79 Å². The van der Waals surface area contributed by atoms with Crippen molar-refractivity contribution in [3.05, 3.63) is 0 Å². The molecule has 2 atom stereocenters. The number of hydrogen-bond donors (Lipinski definition) is 4. The van der Waals surface area contributed by atoms with Crippen molar-refractivity contribution in [2.75, 3.05) is 6.54 Å². The van der Waals surface area contributed by atoms with E-state index in [9.17, 15) is 14.4 Å². The summed E-state index contributed by atoms with van der Waals surface area (Å²) in [6, 6.07) is -1.38. The molecule has 1 amide bonds. The smallest absolute Gasteiger partial charge is 0.326 e. The fraction of sp³-hybridized carbons (Fsp3) is 0.750. The second-order valence-electron chi connectivity index (χ2n) is 4.45. The number of nitrogens with two attached hydrogens (primary N) is 1. The van der Waals surface area contributed by atoms with Crippen molar-refractivity contribution in [1.82, 2.24) is 5.32 Å². The minimum absolute atomic E-state index is 0.182. The first-order chi connectivity index (χ1) is 8.90. The molecule has 0 radical (unpaired) electrons. The number of nitrogens with one attached hydrogen (secondary N) is 1. The Balaban J connectivity index is 4.19. The maximum atomic E-state index is 11.6. The van der Waals surface area contributed by atoms with Crippen LogP contribution in [0, 0.1) is 5.92 Å². The Morgan fingerprint density at radius 3 is 2.26 bits per heavy atom. The van der Waals surface area contributed by atoms with Crippen molar-refractivity contribution in [2.45, 2.75) is 45.1 Å². The van der Waals surface area contributed by atoms with Crippen molar-refractivity contribution < 1.29 is 24.6 Å². The van der Waals surface area contributed by atoms with E-state index < -0.39 is 30.3 Å². The van der Waals surface area contributed by atoms with Crippen LogP contribution in [0.1, 0.15) is 39.0 Å². The van der Waals surface area contributed by atoms with Crippen LogP contribution in [0.3, 0.4) is 0 Å². The molecule has 0 fully saturated rings. The zero-order valence-corrected chi connectivity index (χ0v) is 11.1. The average Bonchev–Trinajstić information content (AvgIpc) is 2.32. The van der Waals surface area contributed by atoms with E-state index in [2.05, 4.69) is 5.32 Å². The number of carboxylic acid groups (broad SMARTS) is 2. The summed E-state index contributed by atoms with van der Waals surface area (Å²) in [6.45, 7) is 2.56. The van der Waals surface area contributed by atoms with Gasteiger partial charge in [0.2, 0.25) is 5.91 Å². The molecule has 7 heteroatoms. The predicted octanol–water partition coefficient (Wildman–Crippen LogP) is 0.186. The van der Waals surface area contributed by atoms with Gasteiger partial charge in [0.15, 0.2) is 0 Å². The lowest BCUT2D eigenvalue weighted by Crippen LogP contribution is -2.42. The molecular weight excluding hydrogens is 252 g/mol. The lowest BCUT2D eigenvalue weighted by molar-refractivity contribution is -0.147. The highest BCUT2D eigenvalue weighted by molar-refractivity contribution is 5.86. The number of carboxylic acids is 2. The Hall–Kier alpha value is -1.63. The molecule has 0 aliphatic rings. The molecule has 0 aromatic rings. The van der Waals surface area contributed by atoms with Crippen LogP contribution < -0.4 is 11.1 Å². The van der Waals surface area contributed by atoms with Crippen LogP contribution in [0.25, 0.3) is 0 Å². The van der Waals surface area contributed by atoms with E-state index in [1.807, 2.05) is 6.92 Å². The molecule has 0 saturated carbocycles. The van der Waals surface area contributed by atoms with E-state index in [1.165, 1.54) is 0 Å². The van der Waals surface area contributed by atoms with Gasteiger partial charge in [0, 0.05) is 6.42 Å². The quantitative estimate of drug-likeness (QED) is 0.450. The maximum absolute atomic E-state index is 11.6. The van der Waals surface area contributed by atoms with Gasteiger partial charge in [-0.2, -0.15) is 0 Å². The van der Waals surface area contributed by atoms with Crippen LogP contribution in [-0.4, -0.2) is 40.6 Å². The minimum atomic E-state index is -1.38. The first-order valence-corrected chi connectivity index (χ1v) is 6.34. The molecule has 2 unspecified atom stereocenters. The molecule has 0 saturated heterocycles. The van der Waals surface area contributed by atoms with Crippen LogP contribution in [0.15, 0.2) is 0 Å². The summed E-state index contributed by atoms with van der Waals surface area (Å²) in [5.41, 5.74) is 5.44. The molecule has 19 heavy (non-hydrogen) atoms. The highest BCUT2D eigenvalue weighted by atomic mass is 16.4. The third kappa shape index (κ3) is 8.15. The standard InChI is InChI=1S/C12H22N2O5/c1-2-8(5-6-13)3-4-10(15)14-9(12(18)19)7-11(16)17/h8-9H,2-7,13H2,1H3,(H,14,15)(H,16,17)(H,18,19). The molecule has 0 rings (SSSR count). The third-order valence-electron chi connectivity index (χ3n) is 2.94. The minimum Gasteiger partial charge on any atom is -0.481 e. The number of carbonyl (C=O) groups excluding carboxylic acids is 1. The summed E-state index contributed by atoms with van der Waals surface area (Å²) in [6.07, 6.45) is 1.91. The molecule has 7 nitrogen and oxygen atoms in total. The van der Waals surface area contributed by atoms with Crippen LogP contribution in [0.5, 0.6) is 0 Å². The molecule has 0 heterocycles. The second-order valence-corrected chi connectivity index (χ2v) is 4.45. The summed E-state index contributed by atoms with van der Waals surface area (Å²) in [7, 11) is 0. The lowest BCUT2D eigenvalue weighted by atomic mass is 9.96. The Morgan fingerprint density at radius 1 is 1.21 bits per heavy atom. The van der Waals surface area contributed by atoms with Gasteiger partial charge in [0.05, 0.1) is 6.42 Å². The molecular formula is C12H22N2O5. The molecule has 0 aliphatic heterocycles. The van der Waals surface area contributed by atoms with Crippen LogP contribution in [-0.2, 0) is 14.4 Å². The van der Waals surface area contributed by atoms with Crippen molar-refractivity contribution in [3.8, 4) is 0 Å². The van der Waals surface area contributed by atoms with Gasteiger partial charge < -0.3 is 21.3 Å². The highest BCUT2D eigenvalue weighted by Gasteiger charge is 2.23. The Kier molecular flexibility index (Phi) is 8.52. The fourth-order valence-electron chi connectivity index (χ4n) is 1.76. The average molecular weight is 274 g/mol. The molecule has 0 bridgehead atoms. The SMILES string of the molecule is CCC(CCN)CCC(=O)NC(CC(=O)O)C(=O)O. The zero-order chi connectivity index (χ0) is 14.8. The summed E-state index contributed by atoms with van der Waals surface area (Å²) in [5, 5.41) is 19.5. The summed E-state index contributed by atoms with van der Waals surface area (Å²) < 4.78 is 0. The molecule has 5 N–H and O–H groups in total. The lowest BCUT2D eigenvalue weighted by Gasteiger charge is -2.15. The van der Waals surface area contributed by atoms with Gasteiger partial charge in [-0.1, -0.05) is 13.3 Å². The molecule has 0 aromatic heterocycles. The van der Waals surface area contributed by atoms with Gasteiger partial charge in [-0.15, -0.1) is 0 Å². The van der Waals surface area contributed by atoms with Crippen LogP contribution in [0.4, 0.5) is 0 Å². The summed E-state index contributed by atoms with van der Waals surface area (Å²) >= 11 is 0. The number of aliphatic carboxylic acids is 2. The van der Waals surface area contributed by atoms with Gasteiger partial charge >= 0.3 is 11.9 Å². The number of rotatable bonds is 10. The molecule has 110 valence electrons. The maximum Gasteiger partial charge on any atom is 0.326 e. The zero-order valence-electron chi connectivity index (χ0n) is 11.1. The molecule has 0 aliphatic carbocycles. The monoisotopic (exact) mass is 274 g/mol. The van der Waals surface area contributed by atoms with Crippen molar-refractivity contribution in [3.63, 3.8) is 0 Å². The van der Waals surface area contributed by atoms with Crippen LogP contribution >= 0.6 is 0 Å². The van der Waals surface area contributed by atoms with Crippen molar-refractivity contribution in [2.24, 2.45) is 11.7 Å². The van der Waals surface area contributed by atoms with E-state index in [0.29, 0.717) is 18.9 Å². The van der Waals surface area contributed by atoms with Crippen LogP contribution in [0.2, 0.25) is 0 Å². The molecule has 0 aromatic carbocycles. The Bertz CT molecular complexity index is 319. The summed E-state index contributed by atoms with van der Waals surface area (Å²) in [5.74, 6) is -2.71. The number of hydrogen-bond acceptors (Lipinski definition) is 4. The van der Waals surface area contributed by atoms with Gasteiger partial charge in [0.1, 0.15) is 6.04 Å². The van der Waals surface area contributed by atoms with E-state index in [4.69, 9.17) is 15.9 Å². The van der Waals surface area contributed by atoms with Gasteiger partial charge in [0.25, 0.3) is 0 Å². The summed E-state index contributed by atoms with van der Waals surface area (Å²) in [4.78, 5) is 32.8.